The molecule has 1 aliphatic rings. The molecule has 4 rings (SSSR count). The van der Waals surface area contributed by atoms with Crippen LogP contribution in [0.15, 0.2) is 41.5 Å². The van der Waals surface area contributed by atoms with E-state index in [0.29, 0.717) is 24.9 Å². The number of para-hydroxylation sites is 1. The van der Waals surface area contributed by atoms with Crippen LogP contribution in [0.4, 0.5) is 0 Å². The van der Waals surface area contributed by atoms with E-state index in [0.717, 1.165) is 36.4 Å². The summed E-state index contributed by atoms with van der Waals surface area (Å²) in [5.41, 5.74) is 2.86. The van der Waals surface area contributed by atoms with Crippen LogP contribution in [0, 0.1) is 0 Å². The van der Waals surface area contributed by atoms with Crippen molar-refractivity contribution in [2.24, 2.45) is 0 Å². The summed E-state index contributed by atoms with van der Waals surface area (Å²) in [4.78, 5) is 26.2. The summed E-state index contributed by atoms with van der Waals surface area (Å²) < 4.78 is 3.72. The molecule has 1 N–H and O–H groups in total. The Morgan fingerprint density at radius 1 is 1.26 bits per heavy atom. The Hall–Kier alpha value is -3.00. The average molecular weight is 366 g/mol. The standard InChI is InChI=1S/C19H22N6O2/c1-23(13-14-10-21-25-9-7-20-11-17(14)25)19(27)6-8-24-16-5-3-2-4-15(16)18(26)12-22-24/h2-5,10,12,20H,6-9,11,13H2,1H3. The Morgan fingerprint density at radius 3 is 3.00 bits per heavy atom. The molecule has 0 unspecified atom stereocenters. The number of fused-ring (bicyclic) bond motifs is 2. The van der Waals surface area contributed by atoms with Gasteiger partial charge in [0.2, 0.25) is 11.3 Å². The molecule has 0 fully saturated rings. The lowest BCUT2D eigenvalue weighted by molar-refractivity contribution is -0.130. The van der Waals surface area contributed by atoms with Crippen LogP contribution in [-0.2, 0) is 31.0 Å². The van der Waals surface area contributed by atoms with E-state index in [4.69, 9.17) is 0 Å². The van der Waals surface area contributed by atoms with Crippen LogP contribution in [0.3, 0.4) is 0 Å². The molecule has 27 heavy (non-hydrogen) atoms. The van der Waals surface area contributed by atoms with Gasteiger partial charge in [0.05, 0.1) is 36.7 Å². The van der Waals surface area contributed by atoms with E-state index in [2.05, 4.69) is 15.5 Å². The van der Waals surface area contributed by atoms with Crippen molar-refractivity contribution in [3.63, 3.8) is 0 Å². The van der Waals surface area contributed by atoms with Crippen molar-refractivity contribution in [1.29, 1.82) is 0 Å². The number of hydrogen-bond donors (Lipinski definition) is 1. The summed E-state index contributed by atoms with van der Waals surface area (Å²) in [6.45, 7) is 3.53. The number of aryl methyl sites for hydroxylation is 1. The Bertz CT molecular complexity index is 1040. The molecule has 0 bridgehead atoms. The van der Waals surface area contributed by atoms with Crippen LogP contribution in [0.2, 0.25) is 0 Å². The molecule has 0 saturated carbocycles. The minimum atomic E-state index is -0.107. The maximum atomic E-state index is 12.6. The number of benzene rings is 1. The van der Waals surface area contributed by atoms with E-state index in [1.807, 2.05) is 29.1 Å². The van der Waals surface area contributed by atoms with E-state index < -0.39 is 0 Å². The Morgan fingerprint density at radius 2 is 2.11 bits per heavy atom. The first-order valence-corrected chi connectivity index (χ1v) is 9.06. The molecule has 2 aromatic heterocycles. The van der Waals surface area contributed by atoms with Crippen molar-refractivity contribution in [1.82, 2.24) is 29.8 Å². The van der Waals surface area contributed by atoms with Crippen LogP contribution in [0.1, 0.15) is 17.7 Å². The van der Waals surface area contributed by atoms with Gasteiger partial charge in [-0.3, -0.25) is 19.0 Å². The number of nitrogens with zero attached hydrogens (tertiary/aromatic N) is 5. The first-order valence-electron chi connectivity index (χ1n) is 9.06. The predicted octanol–water partition coefficient (Wildman–Crippen LogP) is 0.745. The molecule has 8 nitrogen and oxygen atoms in total. The Labute approximate surface area is 156 Å². The molecule has 140 valence electrons. The number of hydrogen-bond acceptors (Lipinski definition) is 5. The molecule has 0 atom stereocenters. The summed E-state index contributed by atoms with van der Waals surface area (Å²) in [5.74, 6) is 0.0308. The third-order valence-electron chi connectivity index (χ3n) is 4.96. The van der Waals surface area contributed by atoms with Crippen molar-refractivity contribution in [2.45, 2.75) is 32.6 Å². The molecule has 0 radical (unpaired) electrons. The fourth-order valence-electron chi connectivity index (χ4n) is 3.45. The fourth-order valence-corrected chi connectivity index (χ4v) is 3.45. The second kappa shape index (κ2) is 7.32. The summed E-state index contributed by atoms with van der Waals surface area (Å²) >= 11 is 0. The number of amides is 1. The maximum absolute atomic E-state index is 12.6. The number of carbonyl (C=O) groups excluding carboxylic acids is 1. The highest BCUT2D eigenvalue weighted by Gasteiger charge is 2.17. The predicted molar refractivity (Wildman–Crippen MR) is 101 cm³/mol. The normalized spacial score (nSPS) is 13.5. The van der Waals surface area contributed by atoms with Gasteiger partial charge in [-0.2, -0.15) is 10.2 Å². The van der Waals surface area contributed by atoms with Crippen molar-refractivity contribution in [3.8, 4) is 0 Å². The molecular weight excluding hydrogens is 344 g/mol. The van der Waals surface area contributed by atoms with Gasteiger partial charge >= 0.3 is 0 Å². The van der Waals surface area contributed by atoms with Crippen molar-refractivity contribution >= 4 is 16.8 Å². The highest BCUT2D eigenvalue weighted by Crippen LogP contribution is 2.14. The largest absolute Gasteiger partial charge is 0.341 e. The molecule has 3 heterocycles. The van der Waals surface area contributed by atoms with Crippen molar-refractivity contribution < 1.29 is 4.79 Å². The zero-order valence-corrected chi connectivity index (χ0v) is 15.3. The molecule has 8 heteroatoms. The molecule has 1 aromatic carbocycles. The first-order chi connectivity index (χ1) is 13.1. The minimum absolute atomic E-state index is 0.0308. The summed E-state index contributed by atoms with van der Waals surface area (Å²) in [6.07, 6.45) is 3.48. The summed E-state index contributed by atoms with van der Waals surface area (Å²) in [7, 11) is 1.81. The van der Waals surface area contributed by atoms with Gasteiger partial charge in [-0.05, 0) is 12.1 Å². The molecule has 3 aromatic rings. The zero-order valence-electron chi connectivity index (χ0n) is 15.3. The third kappa shape index (κ3) is 3.48. The lowest BCUT2D eigenvalue weighted by Gasteiger charge is -2.20. The monoisotopic (exact) mass is 366 g/mol. The van der Waals surface area contributed by atoms with Crippen LogP contribution in [0.5, 0.6) is 0 Å². The van der Waals surface area contributed by atoms with Crippen molar-refractivity contribution in [2.75, 3.05) is 13.6 Å². The lowest BCUT2D eigenvalue weighted by atomic mass is 10.2. The van der Waals surface area contributed by atoms with Crippen LogP contribution >= 0.6 is 0 Å². The summed E-state index contributed by atoms with van der Waals surface area (Å²) in [5, 5.41) is 12.5. The number of rotatable bonds is 5. The lowest BCUT2D eigenvalue weighted by Crippen LogP contribution is -2.31. The molecule has 1 amide bonds. The fraction of sp³-hybridized carbons (Fsp3) is 0.368. The van der Waals surface area contributed by atoms with E-state index in [-0.39, 0.29) is 11.3 Å². The highest BCUT2D eigenvalue weighted by atomic mass is 16.2. The zero-order chi connectivity index (χ0) is 18.8. The van der Waals surface area contributed by atoms with Gasteiger partial charge in [0.1, 0.15) is 0 Å². The molecule has 1 aliphatic heterocycles. The average Bonchev–Trinajstić information content (AvgIpc) is 3.10. The van der Waals surface area contributed by atoms with Gasteiger partial charge in [-0.1, -0.05) is 12.1 Å². The molecule has 0 spiro atoms. The molecular formula is C19H22N6O2. The quantitative estimate of drug-likeness (QED) is 0.720. The van der Waals surface area contributed by atoms with E-state index >= 15 is 0 Å². The SMILES string of the molecule is CN(Cc1cnn2c1CNCC2)C(=O)CCn1ncc(=O)c2ccccc21. The van der Waals surface area contributed by atoms with Gasteiger partial charge in [-0.25, -0.2) is 0 Å². The minimum Gasteiger partial charge on any atom is -0.341 e. The van der Waals surface area contributed by atoms with Crippen LogP contribution in [0.25, 0.3) is 10.9 Å². The third-order valence-corrected chi connectivity index (χ3v) is 4.96. The maximum Gasteiger partial charge on any atom is 0.224 e. The van der Waals surface area contributed by atoms with Gasteiger partial charge in [0, 0.05) is 44.1 Å². The van der Waals surface area contributed by atoms with Gasteiger partial charge in [-0.15, -0.1) is 0 Å². The first kappa shape index (κ1) is 17.4. The second-order valence-corrected chi connectivity index (χ2v) is 6.77. The molecule has 0 saturated heterocycles. The topological polar surface area (TPSA) is 85.1 Å². The smallest absolute Gasteiger partial charge is 0.224 e. The van der Waals surface area contributed by atoms with Gasteiger partial charge in [0.15, 0.2) is 0 Å². The van der Waals surface area contributed by atoms with Crippen molar-refractivity contribution in [3.05, 3.63) is 58.1 Å². The number of aromatic nitrogens is 4. The van der Waals surface area contributed by atoms with Gasteiger partial charge in [0.25, 0.3) is 0 Å². The van der Waals surface area contributed by atoms with Crippen LogP contribution in [-0.4, -0.2) is 44.0 Å². The Balaban J connectivity index is 1.43. The Kier molecular flexibility index (Phi) is 4.72. The number of carbonyl (C=O) groups is 1. The molecule has 0 aliphatic carbocycles. The summed E-state index contributed by atoms with van der Waals surface area (Å²) in [6, 6.07) is 7.32. The number of nitrogens with one attached hydrogen (secondary N) is 1. The van der Waals surface area contributed by atoms with E-state index in [1.54, 1.807) is 22.7 Å². The second-order valence-electron chi connectivity index (χ2n) is 6.77. The highest BCUT2D eigenvalue weighted by molar-refractivity contribution is 5.79. The van der Waals surface area contributed by atoms with E-state index in [1.165, 1.54) is 6.20 Å². The van der Waals surface area contributed by atoms with E-state index in [9.17, 15) is 9.59 Å². The van der Waals surface area contributed by atoms with Crippen LogP contribution < -0.4 is 10.7 Å². The van der Waals surface area contributed by atoms with Gasteiger partial charge < -0.3 is 10.2 Å².